The van der Waals surface area contributed by atoms with E-state index in [1.54, 1.807) is 13.8 Å². The van der Waals surface area contributed by atoms with E-state index in [2.05, 4.69) is 5.32 Å². The van der Waals surface area contributed by atoms with Crippen molar-refractivity contribution < 1.29 is 24.2 Å². The molecule has 0 atom stereocenters. The van der Waals surface area contributed by atoms with Crippen molar-refractivity contribution in [3.8, 4) is 0 Å². The van der Waals surface area contributed by atoms with Crippen LogP contribution in [0.3, 0.4) is 0 Å². The molecule has 1 amide bonds. The van der Waals surface area contributed by atoms with E-state index in [-0.39, 0.29) is 18.9 Å². The van der Waals surface area contributed by atoms with E-state index >= 15 is 0 Å². The Hall–Kier alpha value is -1.40. The van der Waals surface area contributed by atoms with Gasteiger partial charge >= 0.3 is 5.97 Å². The van der Waals surface area contributed by atoms with Crippen LogP contribution in [0.2, 0.25) is 0 Å². The second kappa shape index (κ2) is 8.14. The number of aliphatic hydroxyl groups is 1. The zero-order valence-electron chi connectivity index (χ0n) is 13.8. The van der Waals surface area contributed by atoms with Crippen LogP contribution in [0.5, 0.6) is 0 Å². The summed E-state index contributed by atoms with van der Waals surface area (Å²) in [6.07, 6.45) is 1.54. The van der Waals surface area contributed by atoms with Crippen molar-refractivity contribution in [2.45, 2.75) is 53.8 Å². The molecule has 0 aromatic carbocycles. The molecule has 6 nitrogen and oxygen atoms in total. The second-order valence-corrected chi connectivity index (χ2v) is 6.19. The molecule has 0 aromatic rings. The quantitative estimate of drug-likeness (QED) is 0.405. The van der Waals surface area contributed by atoms with Gasteiger partial charge in [-0.3, -0.25) is 4.79 Å². The summed E-state index contributed by atoms with van der Waals surface area (Å²) in [5.74, 6) is -1.92. The molecule has 0 aliphatic heterocycles. The summed E-state index contributed by atoms with van der Waals surface area (Å²) >= 11 is 0. The van der Waals surface area contributed by atoms with Gasteiger partial charge in [-0.05, 0) is 33.1 Å². The molecule has 0 saturated heterocycles. The number of nitrogens with one attached hydrogen (secondary N) is 1. The number of carbonyl (C=O) groups is 2. The maximum atomic E-state index is 11.8. The molecule has 2 N–H and O–H groups in total. The van der Waals surface area contributed by atoms with Crippen LogP contribution in [0, 0.1) is 5.41 Å². The maximum Gasteiger partial charge on any atom is 0.335 e. The van der Waals surface area contributed by atoms with Crippen molar-refractivity contribution in [1.82, 2.24) is 5.32 Å². The standard InChI is InChI=1S/C15H27NO5/c1-7-20-13(18)11(2)9-16-12(17)8-14(3,4)10-21-15(5,6)19/h9,19H,7-8,10H2,1-6H3,(H,16,17)/b11-9-. The minimum atomic E-state index is -1.23. The molecule has 0 heterocycles. The van der Waals surface area contributed by atoms with Gasteiger partial charge in [-0.25, -0.2) is 4.79 Å². The summed E-state index contributed by atoms with van der Waals surface area (Å²) in [5.41, 5.74) is -0.105. The second-order valence-electron chi connectivity index (χ2n) is 6.19. The minimum Gasteiger partial charge on any atom is -0.463 e. The summed E-state index contributed by atoms with van der Waals surface area (Å²) in [5, 5.41) is 12.1. The highest BCUT2D eigenvalue weighted by Gasteiger charge is 2.25. The van der Waals surface area contributed by atoms with Crippen LogP contribution in [-0.4, -0.2) is 36.0 Å². The van der Waals surface area contributed by atoms with E-state index in [0.29, 0.717) is 12.2 Å². The van der Waals surface area contributed by atoms with Gasteiger partial charge in [0.05, 0.1) is 18.8 Å². The highest BCUT2D eigenvalue weighted by Crippen LogP contribution is 2.22. The van der Waals surface area contributed by atoms with Gasteiger partial charge in [-0.1, -0.05) is 13.8 Å². The zero-order chi connectivity index (χ0) is 16.7. The Balaban J connectivity index is 4.36. The van der Waals surface area contributed by atoms with Gasteiger partial charge in [-0.15, -0.1) is 0 Å². The Morgan fingerprint density at radius 1 is 1.24 bits per heavy atom. The van der Waals surface area contributed by atoms with Crippen LogP contribution in [0.15, 0.2) is 11.8 Å². The maximum absolute atomic E-state index is 11.8. The van der Waals surface area contributed by atoms with Gasteiger partial charge in [0.15, 0.2) is 5.79 Å². The molecule has 0 aliphatic rings. The van der Waals surface area contributed by atoms with Crippen LogP contribution < -0.4 is 5.32 Å². The molecule has 0 rings (SSSR count). The summed E-state index contributed by atoms with van der Waals surface area (Å²) < 4.78 is 10.1. The van der Waals surface area contributed by atoms with E-state index in [1.807, 2.05) is 13.8 Å². The third-order valence-corrected chi connectivity index (χ3v) is 2.50. The summed E-state index contributed by atoms with van der Waals surface area (Å²) in [6, 6.07) is 0. The predicted octanol–water partition coefficient (Wildman–Crippen LogP) is 1.73. The number of ether oxygens (including phenoxy) is 2. The van der Waals surface area contributed by atoms with Crippen molar-refractivity contribution in [3.05, 3.63) is 11.8 Å². The number of hydrogen-bond donors (Lipinski definition) is 2. The van der Waals surface area contributed by atoms with Crippen LogP contribution in [-0.2, 0) is 19.1 Å². The smallest absolute Gasteiger partial charge is 0.335 e. The number of rotatable bonds is 8. The molecule has 122 valence electrons. The number of esters is 1. The van der Waals surface area contributed by atoms with Crippen molar-refractivity contribution in [1.29, 1.82) is 0 Å². The van der Waals surface area contributed by atoms with Crippen molar-refractivity contribution >= 4 is 11.9 Å². The van der Waals surface area contributed by atoms with Gasteiger partial charge in [0.1, 0.15) is 0 Å². The first kappa shape index (κ1) is 19.6. The molecular formula is C15H27NO5. The van der Waals surface area contributed by atoms with E-state index in [0.717, 1.165) is 0 Å². The van der Waals surface area contributed by atoms with Crippen LogP contribution in [0.4, 0.5) is 0 Å². The molecule has 21 heavy (non-hydrogen) atoms. The van der Waals surface area contributed by atoms with Gasteiger partial charge in [0.25, 0.3) is 0 Å². The zero-order valence-corrected chi connectivity index (χ0v) is 13.8. The van der Waals surface area contributed by atoms with Crippen LogP contribution >= 0.6 is 0 Å². The lowest BCUT2D eigenvalue weighted by Gasteiger charge is -2.28. The summed E-state index contributed by atoms with van der Waals surface area (Å²) in [6.45, 7) is 10.6. The fraction of sp³-hybridized carbons (Fsp3) is 0.733. The molecule has 0 spiro atoms. The molecule has 0 bridgehead atoms. The lowest BCUT2D eigenvalue weighted by molar-refractivity contribution is -0.192. The van der Waals surface area contributed by atoms with Crippen molar-refractivity contribution in [3.63, 3.8) is 0 Å². The topological polar surface area (TPSA) is 84.9 Å². The molecule has 6 heteroatoms. The summed E-state index contributed by atoms with van der Waals surface area (Å²) in [7, 11) is 0. The third-order valence-electron chi connectivity index (χ3n) is 2.50. The van der Waals surface area contributed by atoms with Crippen LogP contribution in [0.1, 0.15) is 48.0 Å². The van der Waals surface area contributed by atoms with Crippen LogP contribution in [0.25, 0.3) is 0 Å². The SMILES string of the molecule is CCOC(=O)/C(C)=C\NC(=O)CC(C)(C)COC(C)(C)O. The highest BCUT2D eigenvalue weighted by atomic mass is 16.6. The highest BCUT2D eigenvalue weighted by molar-refractivity contribution is 5.88. The first-order valence-electron chi connectivity index (χ1n) is 6.96. The van der Waals surface area contributed by atoms with Gasteiger partial charge in [0.2, 0.25) is 5.91 Å². The molecule has 0 unspecified atom stereocenters. The predicted molar refractivity (Wildman–Crippen MR) is 79.2 cm³/mol. The molecule has 0 aromatic heterocycles. The largest absolute Gasteiger partial charge is 0.463 e. The van der Waals surface area contributed by atoms with Crippen molar-refractivity contribution in [2.75, 3.05) is 13.2 Å². The van der Waals surface area contributed by atoms with E-state index < -0.39 is 17.2 Å². The molecule has 0 saturated carbocycles. The fourth-order valence-corrected chi connectivity index (χ4v) is 1.40. The van der Waals surface area contributed by atoms with Gasteiger partial charge < -0.3 is 19.9 Å². The van der Waals surface area contributed by atoms with E-state index in [9.17, 15) is 14.7 Å². The van der Waals surface area contributed by atoms with Gasteiger partial charge in [-0.2, -0.15) is 0 Å². The normalized spacial score (nSPS) is 13.0. The number of amides is 1. The molecule has 0 fully saturated rings. The Labute approximate surface area is 126 Å². The molecule has 0 aliphatic carbocycles. The van der Waals surface area contributed by atoms with Crippen molar-refractivity contribution in [2.24, 2.45) is 5.41 Å². The monoisotopic (exact) mass is 301 g/mol. The average molecular weight is 301 g/mol. The molecular weight excluding hydrogens is 274 g/mol. The Morgan fingerprint density at radius 3 is 2.29 bits per heavy atom. The third kappa shape index (κ3) is 10.0. The Kier molecular flexibility index (Phi) is 7.60. The first-order chi connectivity index (χ1) is 9.47. The molecule has 0 radical (unpaired) electrons. The lowest BCUT2D eigenvalue weighted by atomic mass is 9.90. The fourth-order valence-electron chi connectivity index (χ4n) is 1.40. The van der Waals surface area contributed by atoms with Gasteiger partial charge in [0, 0.05) is 12.6 Å². The lowest BCUT2D eigenvalue weighted by Crippen LogP contribution is -2.33. The average Bonchev–Trinajstić information content (AvgIpc) is 2.32. The van der Waals surface area contributed by atoms with E-state index in [4.69, 9.17) is 9.47 Å². The minimum absolute atomic E-state index is 0.204. The number of hydrogen-bond acceptors (Lipinski definition) is 5. The first-order valence-corrected chi connectivity index (χ1v) is 6.96. The Bertz CT molecular complexity index is 393. The Morgan fingerprint density at radius 2 is 1.81 bits per heavy atom. The van der Waals surface area contributed by atoms with E-state index in [1.165, 1.54) is 20.0 Å². The number of carbonyl (C=O) groups excluding carboxylic acids is 2. The summed E-state index contributed by atoms with van der Waals surface area (Å²) in [4.78, 5) is 23.2.